The first-order chi connectivity index (χ1) is 7.24. The van der Waals surface area contributed by atoms with Crippen LogP contribution in [0.4, 0.5) is 0 Å². The van der Waals surface area contributed by atoms with Crippen LogP contribution in [0.1, 0.15) is 25.3 Å². The van der Waals surface area contributed by atoms with E-state index < -0.39 is 0 Å². The van der Waals surface area contributed by atoms with Gasteiger partial charge < -0.3 is 10.4 Å². The summed E-state index contributed by atoms with van der Waals surface area (Å²) in [5.41, 5.74) is 1.84. The average molecular weight is 205 g/mol. The Morgan fingerprint density at radius 3 is 2.47 bits per heavy atom. The first kappa shape index (κ1) is 10.5. The molecule has 1 aromatic carbocycles. The van der Waals surface area contributed by atoms with E-state index in [1.54, 1.807) is 12.1 Å². The largest absolute Gasteiger partial charge is 0.508 e. The quantitative estimate of drug-likeness (QED) is 0.773. The molecule has 0 heterocycles. The standard InChI is InChI=1S/C13H19NO/c1-2-14-10-13(7-8-13)9-11-3-5-12(15)6-4-11/h3-6,14-15H,2,7-10H2,1H3. The van der Waals surface area contributed by atoms with Crippen LogP contribution in [0, 0.1) is 5.41 Å². The highest BCUT2D eigenvalue weighted by Gasteiger charge is 2.41. The molecule has 0 saturated heterocycles. The number of aromatic hydroxyl groups is 1. The normalized spacial score (nSPS) is 17.7. The van der Waals surface area contributed by atoms with Crippen molar-refractivity contribution < 1.29 is 5.11 Å². The lowest BCUT2D eigenvalue weighted by Crippen LogP contribution is -2.25. The smallest absolute Gasteiger partial charge is 0.115 e. The maximum absolute atomic E-state index is 9.20. The van der Waals surface area contributed by atoms with Crippen molar-refractivity contribution in [2.75, 3.05) is 13.1 Å². The van der Waals surface area contributed by atoms with Crippen LogP contribution in [0.15, 0.2) is 24.3 Å². The monoisotopic (exact) mass is 205 g/mol. The van der Waals surface area contributed by atoms with E-state index in [0.29, 0.717) is 11.2 Å². The van der Waals surface area contributed by atoms with Crippen LogP contribution < -0.4 is 5.32 Å². The molecule has 0 amide bonds. The Balaban J connectivity index is 1.93. The molecule has 0 aromatic heterocycles. The Kier molecular flexibility index (Phi) is 2.96. The molecular weight excluding hydrogens is 186 g/mol. The molecule has 1 saturated carbocycles. The van der Waals surface area contributed by atoms with Gasteiger partial charge in [-0.05, 0) is 48.9 Å². The van der Waals surface area contributed by atoms with E-state index in [0.717, 1.165) is 19.5 Å². The zero-order chi connectivity index (χ0) is 10.7. The van der Waals surface area contributed by atoms with Gasteiger partial charge in [0.1, 0.15) is 5.75 Å². The summed E-state index contributed by atoms with van der Waals surface area (Å²) < 4.78 is 0. The second kappa shape index (κ2) is 4.23. The molecule has 1 aliphatic rings. The maximum Gasteiger partial charge on any atom is 0.115 e. The fourth-order valence-electron chi connectivity index (χ4n) is 2.03. The van der Waals surface area contributed by atoms with E-state index in [1.807, 2.05) is 12.1 Å². The third-order valence-electron chi connectivity index (χ3n) is 3.22. The third kappa shape index (κ3) is 2.72. The van der Waals surface area contributed by atoms with Gasteiger partial charge in [-0.15, -0.1) is 0 Å². The van der Waals surface area contributed by atoms with Crippen LogP contribution in [0.3, 0.4) is 0 Å². The molecule has 2 rings (SSSR count). The topological polar surface area (TPSA) is 32.3 Å². The Hall–Kier alpha value is -1.02. The number of rotatable bonds is 5. The van der Waals surface area contributed by atoms with Gasteiger partial charge in [0, 0.05) is 6.54 Å². The SMILES string of the molecule is CCNCC1(Cc2ccc(O)cc2)CC1. The van der Waals surface area contributed by atoms with Crippen molar-refractivity contribution in [3.8, 4) is 5.75 Å². The molecule has 0 spiro atoms. The van der Waals surface area contributed by atoms with Gasteiger partial charge in [0.05, 0.1) is 0 Å². The Morgan fingerprint density at radius 1 is 1.27 bits per heavy atom. The van der Waals surface area contributed by atoms with Gasteiger partial charge in [-0.25, -0.2) is 0 Å². The molecule has 82 valence electrons. The van der Waals surface area contributed by atoms with Gasteiger partial charge in [0.15, 0.2) is 0 Å². The summed E-state index contributed by atoms with van der Waals surface area (Å²) in [4.78, 5) is 0. The fraction of sp³-hybridized carbons (Fsp3) is 0.538. The number of nitrogens with one attached hydrogen (secondary N) is 1. The summed E-state index contributed by atoms with van der Waals surface area (Å²) in [7, 11) is 0. The Bertz CT molecular complexity index is 314. The van der Waals surface area contributed by atoms with Crippen molar-refractivity contribution in [3.63, 3.8) is 0 Å². The number of hydrogen-bond acceptors (Lipinski definition) is 2. The summed E-state index contributed by atoms with van der Waals surface area (Å²) in [6, 6.07) is 7.61. The summed E-state index contributed by atoms with van der Waals surface area (Å²) in [6.07, 6.45) is 3.81. The second-order valence-corrected chi connectivity index (χ2v) is 4.62. The zero-order valence-electron chi connectivity index (χ0n) is 9.29. The molecule has 15 heavy (non-hydrogen) atoms. The molecule has 0 atom stereocenters. The molecule has 0 bridgehead atoms. The summed E-state index contributed by atoms with van der Waals surface area (Å²) in [6.45, 7) is 4.33. The first-order valence-electron chi connectivity index (χ1n) is 5.73. The second-order valence-electron chi connectivity index (χ2n) is 4.62. The van der Waals surface area contributed by atoms with Crippen molar-refractivity contribution in [1.29, 1.82) is 0 Å². The molecule has 0 radical (unpaired) electrons. The van der Waals surface area contributed by atoms with Crippen molar-refractivity contribution in [2.45, 2.75) is 26.2 Å². The summed E-state index contributed by atoms with van der Waals surface area (Å²) in [5.74, 6) is 0.357. The minimum absolute atomic E-state index is 0.357. The van der Waals surface area contributed by atoms with Crippen LogP contribution >= 0.6 is 0 Å². The lowest BCUT2D eigenvalue weighted by molar-refractivity contribution is 0.460. The summed E-state index contributed by atoms with van der Waals surface area (Å²) in [5, 5.41) is 12.6. The third-order valence-corrected chi connectivity index (χ3v) is 3.22. The van der Waals surface area contributed by atoms with Gasteiger partial charge in [0.2, 0.25) is 0 Å². The maximum atomic E-state index is 9.20. The Labute approximate surface area is 91.3 Å². The van der Waals surface area contributed by atoms with E-state index in [2.05, 4.69) is 12.2 Å². The molecule has 1 fully saturated rings. The van der Waals surface area contributed by atoms with E-state index in [-0.39, 0.29) is 0 Å². The van der Waals surface area contributed by atoms with Crippen molar-refractivity contribution in [3.05, 3.63) is 29.8 Å². The van der Waals surface area contributed by atoms with Crippen molar-refractivity contribution in [2.24, 2.45) is 5.41 Å². The first-order valence-corrected chi connectivity index (χ1v) is 5.73. The molecule has 2 heteroatoms. The van der Waals surface area contributed by atoms with Gasteiger partial charge >= 0.3 is 0 Å². The highest BCUT2D eigenvalue weighted by atomic mass is 16.3. The lowest BCUT2D eigenvalue weighted by atomic mass is 9.96. The predicted molar refractivity (Wildman–Crippen MR) is 62.0 cm³/mol. The number of benzene rings is 1. The molecule has 1 aromatic rings. The van der Waals surface area contributed by atoms with Crippen LogP contribution in [0.5, 0.6) is 5.75 Å². The van der Waals surface area contributed by atoms with Crippen molar-refractivity contribution >= 4 is 0 Å². The van der Waals surface area contributed by atoms with Gasteiger partial charge in [-0.2, -0.15) is 0 Å². The molecule has 1 aliphatic carbocycles. The number of hydrogen-bond donors (Lipinski definition) is 2. The van der Waals surface area contributed by atoms with Crippen LogP contribution in [-0.4, -0.2) is 18.2 Å². The highest BCUT2D eigenvalue weighted by molar-refractivity contribution is 5.27. The molecule has 0 aliphatic heterocycles. The van der Waals surface area contributed by atoms with Crippen molar-refractivity contribution in [1.82, 2.24) is 5.32 Å². The summed E-state index contributed by atoms with van der Waals surface area (Å²) >= 11 is 0. The molecule has 0 unspecified atom stereocenters. The highest BCUT2D eigenvalue weighted by Crippen LogP contribution is 2.47. The number of phenols is 1. The molecular formula is C13H19NO. The fourth-order valence-corrected chi connectivity index (χ4v) is 2.03. The average Bonchev–Trinajstić information content (AvgIpc) is 3.00. The zero-order valence-corrected chi connectivity index (χ0v) is 9.29. The Morgan fingerprint density at radius 2 is 1.93 bits per heavy atom. The van der Waals surface area contributed by atoms with Gasteiger partial charge in [-0.3, -0.25) is 0 Å². The van der Waals surface area contributed by atoms with Gasteiger partial charge in [0.25, 0.3) is 0 Å². The number of phenolic OH excluding ortho intramolecular Hbond substituents is 1. The van der Waals surface area contributed by atoms with E-state index in [9.17, 15) is 5.11 Å². The van der Waals surface area contributed by atoms with Crippen LogP contribution in [0.2, 0.25) is 0 Å². The predicted octanol–water partition coefficient (Wildman–Crippen LogP) is 2.32. The van der Waals surface area contributed by atoms with Gasteiger partial charge in [-0.1, -0.05) is 19.1 Å². The lowest BCUT2D eigenvalue weighted by Gasteiger charge is -2.15. The van der Waals surface area contributed by atoms with Crippen LogP contribution in [0.25, 0.3) is 0 Å². The van der Waals surface area contributed by atoms with E-state index in [1.165, 1.54) is 18.4 Å². The van der Waals surface area contributed by atoms with E-state index in [4.69, 9.17) is 0 Å². The van der Waals surface area contributed by atoms with Crippen LogP contribution in [-0.2, 0) is 6.42 Å². The minimum atomic E-state index is 0.357. The minimum Gasteiger partial charge on any atom is -0.508 e. The van der Waals surface area contributed by atoms with E-state index >= 15 is 0 Å². The molecule has 2 N–H and O–H groups in total. The molecule has 2 nitrogen and oxygen atoms in total.